The molecule has 0 aliphatic heterocycles. The molecule has 0 aliphatic carbocycles. The van der Waals surface area contributed by atoms with Crippen LogP contribution >= 0.6 is 0 Å². The van der Waals surface area contributed by atoms with Crippen molar-refractivity contribution in [2.45, 2.75) is 46.5 Å². The van der Waals surface area contributed by atoms with Gasteiger partial charge in [0.2, 0.25) is 0 Å². The van der Waals surface area contributed by atoms with Crippen molar-refractivity contribution in [3.63, 3.8) is 0 Å². The molecule has 2 heteroatoms. The van der Waals surface area contributed by atoms with E-state index in [0.717, 1.165) is 6.42 Å². The van der Waals surface area contributed by atoms with E-state index in [1.807, 2.05) is 24.3 Å². The molecule has 1 rings (SSSR count). The lowest BCUT2D eigenvalue weighted by Crippen LogP contribution is -2.24. The van der Waals surface area contributed by atoms with Gasteiger partial charge in [-0.2, -0.15) is 0 Å². The van der Waals surface area contributed by atoms with Gasteiger partial charge in [0.05, 0.1) is 12.7 Å². The van der Waals surface area contributed by atoms with E-state index in [1.54, 1.807) is 0 Å². The molecule has 0 atom stereocenters. The van der Waals surface area contributed by atoms with E-state index < -0.39 is 0 Å². The lowest BCUT2D eigenvalue weighted by molar-refractivity contribution is 0.0600. The normalized spacial score (nSPS) is 12.3. The van der Waals surface area contributed by atoms with E-state index in [-0.39, 0.29) is 16.8 Å². The minimum atomic E-state index is -0.282. The summed E-state index contributed by atoms with van der Waals surface area (Å²) >= 11 is 0. The van der Waals surface area contributed by atoms with E-state index in [2.05, 4.69) is 34.6 Å². The van der Waals surface area contributed by atoms with Crippen molar-refractivity contribution in [3.8, 4) is 0 Å². The number of ether oxygens (including phenoxy) is 1. The molecule has 0 saturated heterocycles. The fourth-order valence-electron chi connectivity index (χ4n) is 2.60. The largest absolute Gasteiger partial charge is 0.465 e. The Morgan fingerprint density at radius 2 is 1.56 bits per heavy atom. The smallest absolute Gasteiger partial charge is 0.337 e. The van der Waals surface area contributed by atoms with E-state index in [0.29, 0.717) is 5.56 Å². The van der Waals surface area contributed by atoms with Gasteiger partial charge >= 0.3 is 5.97 Å². The summed E-state index contributed by atoms with van der Waals surface area (Å²) in [4.78, 5) is 11.4. The second kappa shape index (κ2) is 5.13. The summed E-state index contributed by atoms with van der Waals surface area (Å²) in [6.07, 6.45) is 1.09. The summed E-state index contributed by atoms with van der Waals surface area (Å²) in [6.45, 7) is 11.2. The maximum atomic E-state index is 11.4. The SMILES string of the molecule is COC(=O)c1ccc(C(C)(C)CC(C)(C)C)cc1. The summed E-state index contributed by atoms with van der Waals surface area (Å²) in [6, 6.07) is 7.73. The molecule has 18 heavy (non-hydrogen) atoms. The number of esters is 1. The van der Waals surface area contributed by atoms with Crippen molar-refractivity contribution in [1.82, 2.24) is 0 Å². The van der Waals surface area contributed by atoms with Gasteiger partial charge in [-0.15, -0.1) is 0 Å². The third kappa shape index (κ3) is 3.86. The first-order valence-corrected chi connectivity index (χ1v) is 6.34. The van der Waals surface area contributed by atoms with Crippen molar-refractivity contribution in [2.75, 3.05) is 7.11 Å². The summed E-state index contributed by atoms with van der Waals surface area (Å²) in [7, 11) is 1.40. The lowest BCUT2D eigenvalue weighted by Gasteiger charge is -2.33. The topological polar surface area (TPSA) is 26.3 Å². The Morgan fingerprint density at radius 3 is 1.94 bits per heavy atom. The highest BCUT2D eigenvalue weighted by Crippen LogP contribution is 2.36. The van der Waals surface area contributed by atoms with Gasteiger partial charge in [-0.05, 0) is 34.9 Å². The predicted octanol–water partition coefficient (Wildman–Crippen LogP) is 4.19. The summed E-state index contributed by atoms with van der Waals surface area (Å²) in [5, 5.41) is 0. The maximum absolute atomic E-state index is 11.4. The molecular formula is C16H24O2. The van der Waals surface area contributed by atoms with Crippen LogP contribution in [0.5, 0.6) is 0 Å². The molecule has 0 bridgehead atoms. The third-order valence-electron chi connectivity index (χ3n) is 3.06. The first-order valence-electron chi connectivity index (χ1n) is 6.34. The number of hydrogen-bond donors (Lipinski definition) is 0. The Kier molecular flexibility index (Phi) is 4.20. The molecule has 0 unspecified atom stereocenters. The molecule has 1 aromatic rings. The number of rotatable bonds is 3. The molecule has 1 aromatic carbocycles. The quantitative estimate of drug-likeness (QED) is 0.750. The van der Waals surface area contributed by atoms with Crippen molar-refractivity contribution in [2.24, 2.45) is 5.41 Å². The Morgan fingerprint density at radius 1 is 1.06 bits per heavy atom. The summed E-state index contributed by atoms with van der Waals surface area (Å²) in [5.41, 5.74) is 2.25. The molecule has 0 radical (unpaired) electrons. The fraction of sp³-hybridized carbons (Fsp3) is 0.562. The van der Waals surface area contributed by atoms with Crippen LogP contribution in [0.25, 0.3) is 0 Å². The maximum Gasteiger partial charge on any atom is 0.337 e. The van der Waals surface area contributed by atoms with Crippen LogP contribution < -0.4 is 0 Å². The van der Waals surface area contributed by atoms with E-state index in [9.17, 15) is 4.79 Å². The second-order valence-corrected chi connectivity index (χ2v) is 6.69. The van der Waals surface area contributed by atoms with Gasteiger partial charge in [-0.25, -0.2) is 4.79 Å². The highest BCUT2D eigenvalue weighted by molar-refractivity contribution is 5.89. The molecule has 0 aliphatic rings. The van der Waals surface area contributed by atoms with E-state index >= 15 is 0 Å². The van der Waals surface area contributed by atoms with Crippen LogP contribution in [0.4, 0.5) is 0 Å². The van der Waals surface area contributed by atoms with Crippen molar-refractivity contribution in [1.29, 1.82) is 0 Å². The van der Waals surface area contributed by atoms with Gasteiger partial charge in [0.1, 0.15) is 0 Å². The van der Waals surface area contributed by atoms with Gasteiger partial charge in [-0.3, -0.25) is 0 Å². The van der Waals surface area contributed by atoms with Crippen LogP contribution in [-0.4, -0.2) is 13.1 Å². The van der Waals surface area contributed by atoms with Crippen molar-refractivity contribution < 1.29 is 9.53 Å². The molecule has 0 aromatic heterocycles. The zero-order valence-corrected chi connectivity index (χ0v) is 12.3. The molecule has 0 fully saturated rings. The van der Waals surface area contributed by atoms with Gasteiger partial charge in [-0.1, -0.05) is 46.8 Å². The Labute approximate surface area is 110 Å². The van der Waals surface area contributed by atoms with Gasteiger partial charge in [0.15, 0.2) is 0 Å². The number of methoxy groups -OCH3 is 1. The number of carbonyl (C=O) groups excluding carboxylic acids is 1. The highest BCUT2D eigenvalue weighted by atomic mass is 16.5. The number of hydrogen-bond acceptors (Lipinski definition) is 2. The summed E-state index contributed by atoms with van der Waals surface area (Å²) in [5.74, 6) is -0.282. The first kappa shape index (κ1) is 14.7. The van der Waals surface area contributed by atoms with Crippen molar-refractivity contribution in [3.05, 3.63) is 35.4 Å². The molecule has 0 amide bonds. The third-order valence-corrected chi connectivity index (χ3v) is 3.06. The minimum absolute atomic E-state index is 0.104. The Balaban J connectivity index is 2.94. The van der Waals surface area contributed by atoms with Gasteiger partial charge < -0.3 is 4.74 Å². The predicted molar refractivity (Wildman–Crippen MR) is 74.9 cm³/mol. The molecule has 0 saturated carbocycles. The molecule has 0 spiro atoms. The highest BCUT2D eigenvalue weighted by Gasteiger charge is 2.27. The fourth-order valence-corrected chi connectivity index (χ4v) is 2.60. The Bertz CT molecular complexity index is 408. The van der Waals surface area contributed by atoms with Gasteiger partial charge in [0.25, 0.3) is 0 Å². The molecule has 100 valence electrons. The van der Waals surface area contributed by atoms with Crippen LogP contribution in [0, 0.1) is 5.41 Å². The average Bonchev–Trinajstić information content (AvgIpc) is 2.25. The minimum Gasteiger partial charge on any atom is -0.465 e. The van der Waals surface area contributed by atoms with Crippen LogP contribution in [-0.2, 0) is 10.2 Å². The standard InChI is InChI=1S/C16H24O2/c1-15(2,3)11-16(4,5)13-9-7-12(8-10-13)14(17)18-6/h7-10H,11H2,1-6H3. The zero-order chi connectivity index (χ0) is 14.0. The van der Waals surface area contributed by atoms with E-state index in [4.69, 9.17) is 4.74 Å². The Hall–Kier alpha value is -1.31. The van der Waals surface area contributed by atoms with E-state index in [1.165, 1.54) is 12.7 Å². The van der Waals surface area contributed by atoms with Crippen LogP contribution in [0.1, 0.15) is 57.0 Å². The molecular weight excluding hydrogens is 224 g/mol. The zero-order valence-electron chi connectivity index (χ0n) is 12.3. The van der Waals surface area contributed by atoms with Gasteiger partial charge in [0, 0.05) is 0 Å². The van der Waals surface area contributed by atoms with Crippen LogP contribution in [0.15, 0.2) is 24.3 Å². The summed E-state index contributed by atoms with van der Waals surface area (Å²) < 4.78 is 4.70. The number of carbonyl (C=O) groups is 1. The molecule has 0 heterocycles. The molecule has 0 N–H and O–H groups in total. The first-order chi connectivity index (χ1) is 8.15. The number of benzene rings is 1. The average molecular weight is 248 g/mol. The van der Waals surface area contributed by atoms with Crippen LogP contribution in [0.3, 0.4) is 0 Å². The van der Waals surface area contributed by atoms with Crippen molar-refractivity contribution >= 4 is 5.97 Å². The lowest BCUT2D eigenvalue weighted by atomic mass is 9.72. The second-order valence-electron chi connectivity index (χ2n) is 6.69. The van der Waals surface area contributed by atoms with Crippen LogP contribution in [0.2, 0.25) is 0 Å². The monoisotopic (exact) mass is 248 g/mol. The molecule has 2 nitrogen and oxygen atoms in total.